The van der Waals surface area contributed by atoms with Crippen LogP contribution in [0.3, 0.4) is 0 Å². The van der Waals surface area contributed by atoms with Crippen LogP contribution in [-0.2, 0) is 11.3 Å². The molecule has 1 atom stereocenters. The van der Waals surface area contributed by atoms with Gasteiger partial charge in [-0.2, -0.15) is 0 Å². The molecule has 2 aromatic carbocycles. The zero-order chi connectivity index (χ0) is 21.8. The molecule has 160 valence electrons. The van der Waals surface area contributed by atoms with Crippen molar-refractivity contribution in [2.24, 2.45) is 0 Å². The molecule has 31 heavy (non-hydrogen) atoms. The Morgan fingerprint density at radius 3 is 2.71 bits per heavy atom. The summed E-state index contributed by atoms with van der Waals surface area (Å²) in [5.74, 6) is -0.137. The van der Waals surface area contributed by atoms with E-state index in [9.17, 15) is 9.59 Å². The quantitative estimate of drug-likeness (QED) is 0.609. The topological polar surface area (TPSA) is 74.3 Å². The molecule has 1 aliphatic rings. The standard InChI is InChI=1S/C24H26N4O2S/c1-16-10-11-19(13-17(16)2)27-24(30)28-12-6-9-21(28)22(29)25-14-20-15-31-23(26-20)18-7-4-3-5-8-18/h3-5,7-8,10-11,13,15,21H,6,9,12,14H2,1-2H3,(H,25,29)(H,27,30)/t21-/m1/s1. The van der Waals surface area contributed by atoms with Gasteiger partial charge in [-0.1, -0.05) is 36.4 Å². The van der Waals surface area contributed by atoms with Crippen LogP contribution in [0.1, 0.15) is 29.7 Å². The highest BCUT2D eigenvalue weighted by atomic mass is 32.1. The van der Waals surface area contributed by atoms with Gasteiger partial charge in [0.15, 0.2) is 0 Å². The number of thiazole rings is 1. The van der Waals surface area contributed by atoms with E-state index in [1.54, 1.807) is 16.2 Å². The van der Waals surface area contributed by atoms with Crippen molar-refractivity contribution >= 4 is 29.0 Å². The number of anilines is 1. The van der Waals surface area contributed by atoms with Crippen molar-refractivity contribution in [3.63, 3.8) is 0 Å². The molecule has 3 amide bonds. The van der Waals surface area contributed by atoms with Crippen molar-refractivity contribution in [3.05, 3.63) is 70.7 Å². The van der Waals surface area contributed by atoms with Gasteiger partial charge in [0.2, 0.25) is 5.91 Å². The number of amides is 3. The number of nitrogens with one attached hydrogen (secondary N) is 2. The van der Waals surface area contributed by atoms with Gasteiger partial charge in [-0.15, -0.1) is 11.3 Å². The van der Waals surface area contributed by atoms with Crippen molar-refractivity contribution in [2.45, 2.75) is 39.3 Å². The van der Waals surface area contributed by atoms with Gasteiger partial charge in [0.25, 0.3) is 0 Å². The van der Waals surface area contributed by atoms with Gasteiger partial charge in [0.1, 0.15) is 11.0 Å². The molecule has 1 saturated heterocycles. The number of hydrogen-bond acceptors (Lipinski definition) is 4. The zero-order valence-corrected chi connectivity index (χ0v) is 18.5. The van der Waals surface area contributed by atoms with Gasteiger partial charge in [0, 0.05) is 23.2 Å². The zero-order valence-electron chi connectivity index (χ0n) is 17.7. The van der Waals surface area contributed by atoms with Crippen molar-refractivity contribution in [1.29, 1.82) is 0 Å². The molecule has 1 aliphatic heterocycles. The first kappa shape index (κ1) is 21.1. The number of carbonyl (C=O) groups excluding carboxylic acids is 2. The van der Waals surface area contributed by atoms with Crippen molar-refractivity contribution in [1.82, 2.24) is 15.2 Å². The lowest BCUT2D eigenvalue weighted by molar-refractivity contribution is -0.124. The molecule has 3 aromatic rings. The lowest BCUT2D eigenvalue weighted by atomic mass is 10.1. The van der Waals surface area contributed by atoms with Crippen LogP contribution in [0.15, 0.2) is 53.9 Å². The Morgan fingerprint density at radius 1 is 1.13 bits per heavy atom. The molecular weight excluding hydrogens is 408 g/mol. The minimum Gasteiger partial charge on any atom is -0.349 e. The third kappa shape index (κ3) is 4.94. The maximum Gasteiger partial charge on any atom is 0.322 e. The Bertz CT molecular complexity index is 1080. The van der Waals surface area contributed by atoms with E-state index in [2.05, 4.69) is 15.6 Å². The first-order chi connectivity index (χ1) is 15.0. The van der Waals surface area contributed by atoms with E-state index in [4.69, 9.17) is 0 Å². The number of nitrogens with zero attached hydrogens (tertiary/aromatic N) is 2. The monoisotopic (exact) mass is 434 g/mol. The molecule has 1 fully saturated rings. The highest BCUT2D eigenvalue weighted by Crippen LogP contribution is 2.24. The van der Waals surface area contributed by atoms with E-state index in [1.807, 2.05) is 67.8 Å². The summed E-state index contributed by atoms with van der Waals surface area (Å²) in [7, 11) is 0. The molecule has 0 unspecified atom stereocenters. The summed E-state index contributed by atoms with van der Waals surface area (Å²) in [4.78, 5) is 31.8. The molecule has 0 bridgehead atoms. The number of carbonyl (C=O) groups is 2. The molecule has 1 aromatic heterocycles. The minimum atomic E-state index is -0.459. The molecule has 0 spiro atoms. The number of likely N-dealkylation sites (tertiary alicyclic amines) is 1. The predicted molar refractivity (Wildman–Crippen MR) is 124 cm³/mol. The van der Waals surface area contributed by atoms with Gasteiger partial charge >= 0.3 is 6.03 Å². The van der Waals surface area contributed by atoms with Crippen molar-refractivity contribution in [2.75, 3.05) is 11.9 Å². The highest BCUT2D eigenvalue weighted by Gasteiger charge is 2.34. The van der Waals surface area contributed by atoms with E-state index in [1.165, 1.54) is 5.56 Å². The molecule has 0 saturated carbocycles. The summed E-state index contributed by atoms with van der Waals surface area (Å²) in [5, 5.41) is 8.77. The molecule has 6 nitrogen and oxygen atoms in total. The summed E-state index contributed by atoms with van der Waals surface area (Å²) >= 11 is 1.56. The number of aryl methyl sites for hydroxylation is 2. The third-order valence-electron chi connectivity index (χ3n) is 5.59. The van der Waals surface area contributed by atoms with Crippen LogP contribution in [0.25, 0.3) is 10.6 Å². The fraction of sp³-hybridized carbons (Fsp3) is 0.292. The summed E-state index contributed by atoms with van der Waals surface area (Å²) in [6.07, 6.45) is 1.48. The van der Waals surface area contributed by atoms with Gasteiger partial charge in [-0.25, -0.2) is 9.78 Å². The predicted octanol–water partition coefficient (Wildman–Crippen LogP) is 4.74. The Labute approximate surface area is 186 Å². The number of urea groups is 1. The van der Waals surface area contributed by atoms with E-state index in [0.29, 0.717) is 19.5 Å². The Kier molecular flexibility index (Phi) is 6.32. The summed E-state index contributed by atoms with van der Waals surface area (Å²) in [5.41, 5.74) is 4.92. The third-order valence-corrected chi connectivity index (χ3v) is 6.53. The van der Waals surface area contributed by atoms with E-state index >= 15 is 0 Å². The summed E-state index contributed by atoms with van der Waals surface area (Å²) in [6, 6.07) is 15.1. The smallest absolute Gasteiger partial charge is 0.322 e. The highest BCUT2D eigenvalue weighted by molar-refractivity contribution is 7.13. The van der Waals surface area contributed by atoms with Crippen LogP contribution in [0.5, 0.6) is 0 Å². The summed E-state index contributed by atoms with van der Waals surface area (Å²) < 4.78 is 0. The van der Waals surface area contributed by atoms with Crippen molar-refractivity contribution < 1.29 is 9.59 Å². The fourth-order valence-corrected chi connectivity index (χ4v) is 4.52. The van der Waals surface area contributed by atoms with Crippen LogP contribution in [0.2, 0.25) is 0 Å². The first-order valence-electron chi connectivity index (χ1n) is 10.4. The molecule has 0 radical (unpaired) electrons. The van der Waals surface area contributed by atoms with Gasteiger partial charge in [-0.05, 0) is 49.9 Å². The average Bonchev–Trinajstić information content (AvgIpc) is 3.45. The number of rotatable bonds is 5. The molecule has 2 N–H and O–H groups in total. The maximum atomic E-state index is 12.8. The number of hydrogen-bond donors (Lipinski definition) is 2. The molecule has 2 heterocycles. The second kappa shape index (κ2) is 9.31. The Hall–Kier alpha value is -3.19. The van der Waals surface area contributed by atoms with E-state index < -0.39 is 6.04 Å². The van der Waals surface area contributed by atoms with Crippen LogP contribution in [0.4, 0.5) is 10.5 Å². The second-order valence-corrected chi connectivity index (χ2v) is 8.67. The molecule has 7 heteroatoms. The Balaban J connectivity index is 1.35. The largest absolute Gasteiger partial charge is 0.349 e. The lowest BCUT2D eigenvalue weighted by Crippen LogP contribution is -2.47. The number of aromatic nitrogens is 1. The second-order valence-electron chi connectivity index (χ2n) is 7.81. The lowest BCUT2D eigenvalue weighted by Gasteiger charge is -2.24. The average molecular weight is 435 g/mol. The maximum absolute atomic E-state index is 12.8. The van der Waals surface area contributed by atoms with E-state index in [-0.39, 0.29) is 11.9 Å². The first-order valence-corrected chi connectivity index (χ1v) is 11.3. The number of benzene rings is 2. The van der Waals surface area contributed by atoms with Crippen LogP contribution < -0.4 is 10.6 Å². The molecular formula is C24H26N4O2S. The molecule has 4 rings (SSSR count). The fourth-order valence-electron chi connectivity index (χ4n) is 3.69. The Morgan fingerprint density at radius 2 is 1.94 bits per heavy atom. The molecule has 0 aliphatic carbocycles. The van der Waals surface area contributed by atoms with Gasteiger partial charge in [0.05, 0.1) is 12.2 Å². The minimum absolute atomic E-state index is 0.137. The van der Waals surface area contributed by atoms with Crippen LogP contribution in [-0.4, -0.2) is 34.4 Å². The van der Waals surface area contributed by atoms with Crippen LogP contribution >= 0.6 is 11.3 Å². The van der Waals surface area contributed by atoms with E-state index in [0.717, 1.165) is 33.9 Å². The van der Waals surface area contributed by atoms with Gasteiger partial charge in [-0.3, -0.25) is 4.79 Å². The normalized spacial score (nSPS) is 15.7. The van der Waals surface area contributed by atoms with Gasteiger partial charge < -0.3 is 15.5 Å². The van der Waals surface area contributed by atoms with Crippen molar-refractivity contribution in [3.8, 4) is 10.6 Å². The SMILES string of the molecule is Cc1ccc(NC(=O)N2CCC[C@@H]2C(=O)NCc2csc(-c3ccccc3)n2)cc1C. The summed E-state index contributed by atoms with van der Waals surface area (Å²) in [6.45, 7) is 4.97. The van der Waals surface area contributed by atoms with Crippen LogP contribution in [0, 0.1) is 13.8 Å².